The lowest BCUT2D eigenvalue weighted by Crippen LogP contribution is -2.33. The first-order valence-corrected chi connectivity index (χ1v) is 6.65. The van der Waals surface area contributed by atoms with Crippen LogP contribution >= 0.6 is 0 Å². The number of furan rings is 1. The number of aliphatic hydroxyl groups excluding tert-OH is 1. The maximum Gasteiger partial charge on any atom is 0.251 e. The molecule has 0 aliphatic heterocycles. The lowest BCUT2D eigenvalue weighted by molar-refractivity contribution is 0.0903. The highest BCUT2D eigenvalue weighted by Gasteiger charge is 2.17. The molecular weight excluding hydrogens is 254 g/mol. The van der Waals surface area contributed by atoms with E-state index in [9.17, 15) is 9.90 Å². The normalized spacial score (nSPS) is 13.8. The zero-order valence-electron chi connectivity index (χ0n) is 11.7. The van der Waals surface area contributed by atoms with Crippen molar-refractivity contribution in [3.05, 3.63) is 59.5 Å². The molecule has 0 radical (unpaired) electrons. The van der Waals surface area contributed by atoms with E-state index in [4.69, 9.17) is 4.42 Å². The van der Waals surface area contributed by atoms with E-state index in [0.29, 0.717) is 17.7 Å². The van der Waals surface area contributed by atoms with Gasteiger partial charge < -0.3 is 14.8 Å². The quantitative estimate of drug-likeness (QED) is 0.880. The zero-order chi connectivity index (χ0) is 14.5. The van der Waals surface area contributed by atoms with E-state index in [2.05, 4.69) is 5.32 Å². The topological polar surface area (TPSA) is 62.5 Å². The highest BCUT2D eigenvalue weighted by Crippen LogP contribution is 2.18. The average molecular weight is 273 g/mol. The van der Waals surface area contributed by atoms with Crippen LogP contribution in [-0.2, 0) is 0 Å². The Morgan fingerprint density at radius 2 is 2.15 bits per heavy atom. The van der Waals surface area contributed by atoms with Crippen LogP contribution in [0.4, 0.5) is 0 Å². The molecule has 1 amide bonds. The highest BCUT2D eigenvalue weighted by atomic mass is 16.4. The zero-order valence-corrected chi connectivity index (χ0v) is 11.7. The lowest BCUT2D eigenvalue weighted by atomic mass is 10.1. The van der Waals surface area contributed by atoms with Crippen LogP contribution in [0.1, 0.15) is 41.1 Å². The first-order chi connectivity index (χ1) is 9.56. The summed E-state index contributed by atoms with van der Waals surface area (Å²) in [6.07, 6.45) is 1.22. The molecule has 4 nitrogen and oxygen atoms in total. The molecule has 0 saturated carbocycles. The summed E-state index contributed by atoms with van der Waals surface area (Å²) in [5.41, 5.74) is 1.67. The van der Waals surface area contributed by atoms with Gasteiger partial charge in [-0.05, 0) is 38.1 Å². The SMILES string of the molecule is Cc1cccc(C(=O)NC(C)CC(O)c2ccco2)c1. The summed E-state index contributed by atoms with van der Waals surface area (Å²) in [5.74, 6) is 0.384. The van der Waals surface area contributed by atoms with E-state index in [1.165, 1.54) is 6.26 Å². The Hall–Kier alpha value is -2.07. The number of carbonyl (C=O) groups is 1. The number of benzene rings is 1. The summed E-state index contributed by atoms with van der Waals surface area (Å²) in [7, 11) is 0. The van der Waals surface area contributed by atoms with Crippen LogP contribution in [0, 0.1) is 6.92 Å². The number of hydrogen-bond acceptors (Lipinski definition) is 3. The van der Waals surface area contributed by atoms with Gasteiger partial charge in [-0.2, -0.15) is 0 Å². The molecule has 2 unspecified atom stereocenters. The van der Waals surface area contributed by atoms with Gasteiger partial charge in [-0.3, -0.25) is 4.79 Å². The van der Waals surface area contributed by atoms with Crippen molar-refractivity contribution >= 4 is 5.91 Å². The molecule has 4 heteroatoms. The van der Waals surface area contributed by atoms with Crippen molar-refractivity contribution in [2.24, 2.45) is 0 Å². The third-order valence-electron chi connectivity index (χ3n) is 3.11. The summed E-state index contributed by atoms with van der Waals surface area (Å²) >= 11 is 0. The van der Waals surface area contributed by atoms with Crippen molar-refractivity contribution < 1.29 is 14.3 Å². The van der Waals surface area contributed by atoms with Crippen molar-refractivity contribution in [3.8, 4) is 0 Å². The summed E-state index contributed by atoms with van der Waals surface area (Å²) in [6.45, 7) is 3.81. The second-order valence-corrected chi connectivity index (χ2v) is 5.01. The largest absolute Gasteiger partial charge is 0.467 e. The number of rotatable bonds is 5. The van der Waals surface area contributed by atoms with E-state index in [-0.39, 0.29) is 11.9 Å². The predicted molar refractivity (Wildman–Crippen MR) is 76.4 cm³/mol. The summed E-state index contributed by atoms with van der Waals surface area (Å²) in [4.78, 5) is 12.1. The van der Waals surface area contributed by atoms with Crippen LogP contribution < -0.4 is 5.32 Å². The maximum absolute atomic E-state index is 12.1. The number of carbonyl (C=O) groups excluding carboxylic acids is 1. The van der Waals surface area contributed by atoms with E-state index in [1.54, 1.807) is 18.2 Å². The van der Waals surface area contributed by atoms with Crippen LogP contribution in [0.5, 0.6) is 0 Å². The highest BCUT2D eigenvalue weighted by molar-refractivity contribution is 5.94. The number of aryl methyl sites for hydroxylation is 1. The van der Waals surface area contributed by atoms with Gasteiger partial charge in [-0.1, -0.05) is 17.7 Å². The molecule has 106 valence electrons. The van der Waals surface area contributed by atoms with Crippen LogP contribution in [0.2, 0.25) is 0 Å². The minimum atomic E-state index is -0.710. The van der Waals surface area contributed by atoms with Crippen molar-refractivity contribution in [1.82, 2.24) is 5.32 Å². The smallest absolute Gasteiger partial charge is 0.251 e. The maximum atomic E-state index is 12.1. The van der Waals surface area contributed by atoms with Gasteiger partial charge in [0.1, 0.15) is 11.9 Å². The molecule has 2 aromatic rings. The fraction of sp³-hybridized carbons (Fsp3) is 0.312. The minimum Gasteiger partial charge on any atom is -0.467 e. The number of nitrogens with one attached hydrogen (secondary N) is 1. The average Bonchev–Trinajstić information content (AvgIpc) is 2.92. The summed E-state index contributed by atoms with van der Waals surface area (Å²) in [5, 5.41) is 12.8. The molecule has 2 rings (SSSR count). The van der Waals surface area contributed by atoms with Gasteiger partial charge in [0.2, 0.25) is 0 Å². The van der Waals surface area contributed by atoms with Crippen molar-refractivity contribution in [2.75, 3.05) is 0 Å². The molecule has 20 heavy (non-hydrogen) atoms. The van der Waals surface area contributed by atoms with Crippen molar-refractivity contribution in [1.29, 1.82) is 0 Å². The first-order valence-electron chi connectivity index (χ1n) is 6.65. The lowest BCUT2D eigenvalue weighted by Gasteiger charge is -2.16. The van der Waals surface area contributed by atoms with Gasteiger partial charge in [-0.15, -0.1) is 0 Å². The van der Waals surface area contributed by atoms with E-state index in [0.717, 1.165) is 5.56 Å². The summed E-state index contributed by atoms with van der Waals surface area (Å²) < 4.78 is 5.14. The van der Waals surface area contributed by atoms with Gasteiger partial charge in [0.25, 0.3) is 5.91 Å². The predicted octanol–water partition coefficient (Wildman–Crippen LogP) is 2.83. The molecule has 1 aromatic carbocycles. The van der Waals surface area contributed by atoms with E-state index in [1.807, 2.05) is 32.0 Å². The molecular formula is C16H19NO3. The second-order valence-electron chi connectivity index (χ2n) is 5.01. The van der Waals surface area contributed by atoms with Crippen molar-refractivity contribution in [2.45, 2.75) is 32.4 Å². The van der Waals surface area contributed by atoms with Crippen LogP contribution in [0.3, 0.4) is 0 Å². The third-order valence-corrected chi connectivity index (χ3v) is 3.11. The standard InChI is InChI=1S/C16H19NO3/c1-11-5-3-6-13(9-11)16(19)17-12(2)10-14(18)15-7-4-8-20-15/h3-9,12,14,18H,10H2,1-2H3,(H,17,19). The summed E-state index contributed by atoms with van der Waals surface area (Å²) in [6, 6.07) is 10.7. The Morgan fingerprint density at radius 3 is 2.80 bits per heavy atom. The van der Waals surface area contributed by atoms with Crippen LogP contribution in [-0.4, -0.2) is 17.1 Å². The van der Waals surface area contributed by atoms with Crippen LogP contribution in [0.25, 0.3) is 0 Å². The fourth-order valence-electron chi connectivity index (χ4n) is 2.08. The Labute approximate surface area is 118 Å². The molecule has 0 fully saturated rings. The number of hydrogen-bond donors (Lipinski definition) is 2. The Balaban J connectivity index is 1.91. The fourth-order valence-corrected chi connectivity index (χ4v) is 2.08. The van der Waals surface area contributed by atoms with Crippen molar-refractivity contribution in [3.63, 3.8) is 0 Å². The molecule has 1 aromatic heterocycles. The molecule has 0 saturated heterocycles. The Kier molecular flexibility index (Phi) is 4.58. The molecule has 2 atom stereocenters. The third kappa shape index (κ3) is 3.71. The Morgan fingerprint density at radius 1 is 1.35 bits per heavy atom. The Bertz CT molecular complexity index is 563. The second kappa shape index (κ2) is 6.39. The number of aliphatic hydroxyl groups is 1. The molecule has 1 heterocycles. The molecule has 0 bridgehead atoms. The van der Waals surface area contributed by atoms with Gasteiger partial charge in [0, 0.05) is 18.0 Å². The van der Waals surface area contributed by atoms with E-state index < -0.39 is 6.10 Å². The molecule has 0 spiro atoms. The number of amides is 1. The monoisotopic (exact) mass is 273 g/mol. The van der Waals surface area contributed by atoms with Gasteiger partial charge in [-0.25, -0.2) is 0 Å². The van der Waals surface area contributed by atoms with Gasteiger partial charge in [0.05, 0.1) is 6.26 Å². The molecule has 0 aliphatic carbocycles. The minimum absolute atomic E-state index is 0.132. The first kappa shape index (κ1) is 14.3. The molecule has 0 aliphatic rings. The molecule has 2 N–H and O–H groups in total. The van der Waals surface area contributed by atoms with E-state index >= 15 is 0 Å². The van der Waals surface area contributed by atoms with Gasteiger partial charge >= 0.3 is 0 Å². The van der Waals surface area contributed by atoms with Crippen LogP contribution in [0.15, 0.2) is 47.1 Å². The van der Waals surface area contributed by atoms with Gasteiger partial charge in [0.15, 0.2) is 0 Å².